The predicted molar refractivity (Wildman–Crippen MR) is 66.6 cm³/mol. The van der Waals surface area contributed by atoms with Gasteiger partial charge in [0, 0.05) is 12.8 Å². The number of aliphatic hydroxyl groups excluding tert-OH is 1. The number of hydrogen-bond acceptors (Lipinski definition) is 3. The highest BCUT2D eigenvalue weighted by Gasteiger charge is 2.31. The van der Waals surface area contributed by atoms with Gasteiger partial charge in [0.2, 0.25) is 11.8 Å². The minimum atomic E-state index is -0.552. The predicted octanol–water partition coefficient (Wildman–Crippen LogP) is 1.65. The molecule has 0 radical (unpaired) electrons. The molecule has 4 heteroatoms. The standard InChI is InChI=1S/C14H17NO3/c16-10-12(11-6-2-1-3-7-11)15-13(17)8-4-5-9-14(15)18/h1-3,6-7,12,16H,4-5,8-10H2/t12-/m1/s1. The number of nitrogens with zero attached hydrogens (tertiary/aromatic N) is 1. The van der Waals surface area contributed by atoms with Crippen molar-refractivity contribution in [3.63, 3.8) is 0 Å². The number of hydrogen-bond donors (Lipinski definition) is 1. The first kappa shape index (κ1) is 12.8. The number of carbonyl (C=O) groups excluding carboxylic acids is 2. The zero-order valence-corrected chi connectivity index (χ0v) is 10.2. The molecule has 1 heterocycles. The van der Waals surface area contributed by atoms with E-state index < -0.39 is 6.04 Å². The third-order valence-corrected chi connectivity index (χ3v) is 3.24. The Morgan fingerprint density at radius 1 is 1.06 bits per heavy atom. The molecule has 2 amide bonds. The van der Waals surface area contributed by atoms with Crippen LogP contribution in [0.5, 0.6) is 0 Å². The van der Waals surface area contributed by atoms with Gasteiger partial charge in [-0.1, -0.05) is 30.3 Å². The first-order valence-electron chi connectivity index (χ1n) is 6.24. The highest BCUT2D eigenvalue weighted by molar-refractivity contribution is 5.96. The minimum absolute atomic E-state index is 0.180. The van der Waals surface area contributed by atoms with Crippen molar-refractivity contribution in [1.82, 2.24) is 4.90 Å². The summed E-state index contributed by atoms with van der Waals surface area (Å²) in [5.41, 5.74) is 0.795. The lowest BCUT2D eigenvalue weighted by Crippen LogP contribution is -2.40. The lowest BCUT2D eigenvalue weighted by Gasteiger charge is -2.28. The van der Waals surface area contributed by atoms with E-state index in [0.29, 0.717) is 12.8 Å². The highest BCUT2D eigenvalue weighted by Crippen LogP contribution is 2.25. The Labute approximate surface area is 106 Å². The van der Waals surface area contributed by atoms with E-state index in [9.17, 15) is 14.7 Å². The maximum absolute atomic E-state index is 12.0. The van der Waals surface area contributed by atoms with Gasteiger partial charge in [-0.3, -0.25) is 14.5 Å². The summed E-state index contributed by atoms with van der Waals surface area (Å²) >= 11 is 0. The van der Waals surface area contributed by atoms with Gasteiger partial charge in [0.05, 0.1) is 12.6 Å². The fraction of sp³-hybridized carbons (Fsp3) is 0.429. The molecule has 1 atom stereocenters. The first-order valence-corrected chi connectivity index (χ1v) is 6.24. The van der Waals surface area contributed by atoms with E-state index in [4.69, 9.17) is 0 Å². The van der Waals surface area contributed by atoms with Gasteiger partial charge in [0.25, 0.3) is 0 Å². The fourth-order valence-corrected chi connectivity index (χ4v) is 2.29. The van der Waals surface area contributed by atoms with Gasteiger partial charge >= 0.3 is 0 Å². The topological polar surface area (TPSA) is 57.6 Å². The molecule has 18 heavy (non-hydrogen) atoms. The van der Waals surface area contributed by atoms with Crippen LogP contribution in [-0.2, 0) is 9.59 Å². The first-order chi connectivity index (χ1) is 8.74. The second kappa shape index (κ2) is 5.78. The molecule has 1 aliphatic rings. The lowest BCUT2D eigenvalue weighted by atomic mass is 10.1. The van der Waals surface area contributed by atoms with Crippen LogP contribution in [0.2, 0.25) is 0 Å². The number of imide groups is 1. The molecule has 1 aromatic carbocycles. The molecule has 0 spiro atoms. The Morgan fingerprint density at radius 2 is 1.61 bits per heavy atom. The van der Waals surface area contributed by atoms with Crippen LogP contribution in [0.4, 0.5) is 0 Å². The molecular formula is C14H17NO3. The van der Waals surface area contributed by atoms with E-state index in [1.54, 1.807) is 0 Å². The Balaban J connectivity index is 2.30. The van der Waals surface area contributed by atoms with E-state index in [1.807, 2.05) is 30.3 Å². The van der Waals surface area contributed by atoms with Crippen molar-refractivity contribution in [2.45, 2.75) is 31.7 Å². The molecule has 1 N–H and O–H groups in total. The van der Waals surface area contributed by atoms with Crippen molar-refractivity contribution in [2.75, 3.05) is 6.61 Å². The van der Waals surface area contributed by atoms with Crippen molar-refractivity contribution in [3.05, 3.63) is 35.9 Å². The molecule has 1 aromatic rings. The number of amides is 2. The third kappa shape index (κ3) is 2.59. The smallest absolute Gasteiger partial charge is 0.229 e. The Hall–Kier alpha value is -1.68. The van der Waals surface area contributed by atoms with Crippen LogP contribution in [0.15, 0.2) is 30.3 Å². The number of benzene rings is 1. The van der Waals surface area contributed by atoms with Gasteiger partial charge < -0.3 is 5.11 Å². The highest BCUT2D eigenvalue weighted by atomic mass is 16.3. The molecule has 0 saturated carbocycles. The number of aliphatic hydroxyl groups is 1. The van der Waals surface area contributed by atoms with Gasteiger partial charge in [-0.25, -0.2) is 0 Å². The van der Waals surface area contributed by atoms with Gasteiger partial charge in [-0.15, -0.1) is 0 Å². The number of rotatable bonds is 3. The summed E-state index contributed by atoms with van der Waals surface area (Å²) in [7, 11) is 0. The SMILES string of the molecule is O=C1CCCCC(=O)N1[C@H](CO)c1ccccc1. The number of likely N-dealkylation sites (tertiary alicyclic amines) is 1. The van der Waals surface area contributed by atoms with Gasteiger partial charge in [0.1, 0.15) is 0 Å². The van der Waals surface area contributed by atoms with Crippen LogP contribution in [0, 0.1) is 0 Å². The third-order valence-electron chi connectivity index (χ3n) is 3.24. The summed E-state index contributed by atoms with van der Waals surface area (Å²) < 4.78 is 0. The Bertz CT molecular complexity index is 412. The molecule has 4 nitrogen and oxygen atoms in total. The average molecular weight is 247 g/mol. The second-order valence-electron chi connectivity index (χ2n) is 4.47. The zero-order chi connectivity index (χ0) is 13.0. The molecular weight excluding hydrogens is 230 g/mol. The molecule has 1 fully saturated rings. The maximum atomic E-state index is 12.0. The second-order valence-corrected chi connectivity index (χ2v) is 4.47. The zero-order valence-electron chi connectivity index (χ0n) is 10.2. The summed E-state index contributed by atoms with van der Waals surface area (Å²) in [6, 6.07) is 8.64. The van der Waals surface area contributed by atoms with Gasteiger partial charge in [0.15, 0.2) is 0 Å². The molecule has 0 aliphatic carbocycles. The fourth-order valence-electron chi connectivity index (χ4n) is 2.29. The van der Waals surface area contributed by atoms with Gasteiger partial charge in [-0.05, 0) is 18.4 Å². The van der Waals surface area contributed by atoms with Crippen molar-refractivity contribution in [3.8, 4) is 0 Å². The summed E-state index contributed by atoms with van der Waals surface area (Å²) in [6.45, 7) is -0.235. The molecule has 1 aliphatic heterocycles. The monoisotopic (exact) mass is 247 g/mol. The number of carbonyl (C=O) groups is 2. The molecule has 0 unspecified atom stereocenters. The van der Waals surface area contributed by atoms with Crippen molar-refractivity contribution in [2.24, 2.45) is 0 Å². The van der Waals surface area contributed by atoms with E-state index in [0.717, 1.165) is 18.4 Å². The van der Waals surface area contributed by atoms with Crippen LogP contribution in [0.1, 0.15) is 37.3 Å². The van der Waals surface area contributed by atoms with E-state index in [1.165, 1.54) is 4.90 Å². The van der Waals surface area contributed by atoms with E-state index in [2.05, 4.69) is 0 Å². The molecule has 2 rings (SSSR count). The average Bonchev–Trinajstić information content (AvgIpc) is 2.56. The summed E-state index contributed by atoms with van der Waals surface area (Å²) in [5.74, 6) is -0.360. The van der Waals surface area contributed by atoms with Crippen LogP contribution in [-0.4, -0.2) is 28.4 Å². The summed E-state index contributed by atoms with van der Waals surface area (Å²) in [4.78, 5) is 25.2. The molecule has 0 bridgehead atoms. The molecule has 96 valence electrons. The van der Waals surface area contributed by atoms with Crippen molar-refractivity contribution >= 4 is 11.8 Å². The van der Waals surface area contributed by atoms with Gasteiger partial charge in [-0.2, -0.15) is 0 Å². The largest absolute Gasteiger partial charge is 0.394 e. The van der Waals surface area contributed by atoms with E-state index in [-0.39, 0.29) is 18.4 Å². The molecule has 0 aromatic heterocycles. The summed E-state index contributed by atoms with van der Waals surface area (Å²) in [5, 5.41) is 9.51. The van der Waals surface area contributed by atoms with Crippen LogP contribution in [0.3, 0.4) is 0 Å². The Kier molecular flexibility index (Phi) is 4.10. The maximum Gasteiger partial charge on any atom is 0.229 e. The quantitative estimate of drug-likeness (QED) is 0.826. The minimum Gasteiger partial charge on any atom is -0.394 e. The van der Waals surface area contributed by atoms with Crippen molar-refractivity contribution in [1.29, 1.82) is 0 Å². The normalized spacial score (nSPS) is 18.6. The van der Waals surface area contributed by atoms with Crippen LogP contribution in [0.25, 0.3) is 0 Å². The van der Waals surface area contributed by atoms with Crippen molar-refractivity contribution < 1.29 is 14.7 Å². The van der Waals surface area contributed by atoms with E-state index >= 15 is 0 Å². The summed E-state index contributed by atoms with van der Waals surface area (Å²) in [6.07, 6.45) is 2.26. The molecule has 1 saturated heterocycles. The lowest BCUT2D eigenvalue weighted by molar-refractivity contribution is -0.147. The Morgan fingerprint density at radius 3 is 2.11 bits per heavy atom. The van der Waals surface area contributed by atoms with Crippen LogP contribution < -0.4 is 0 Å². The van der Waals surface area contributed by atoms with Crippen LogP contribution >= 0.6 is 0 Å².